The average Bonchev–Trinajstić information content (AvgIpc) is 2.29. The summed E-state index contributed by atoms with van der Waals surface area (Å²) >= 11 is 2.19. The van der Waals surface area contributed by atoms with Crippen molar-refractivity contribution in [2.75, 3.05) is 6.61 Å². The summed E-state index contributed by atoms with van der Waals surface area (Å²) in [7, 11) is 0. The standard InChI is InChI=1S/C13H15IO3/c1-2-3-8-17-12-6-4-10(9-11(12)14)5-7-13(15)16/h4-7,9H,2-3,8H2,1H3,(H,15,16). The molecule has 1 aromatic carbocycles. The highest BCUT2D eigenvalue weighted by Crippen LogP contribution is 2.23. The van der Waals surface area contributed by atoms with E-state index in [4.69, 9.17) is 9.84 Å². The van der Waals surface area contributed by atoms with Crippen LogP contribution in [0.1, 0.15) is 25.3 Å². The zero-order chi connectivity index (χ0) is 12.7. The molecule has 0 aliphatic rings. The maximum atomic E-state index is 10.4. The molecule has 0 spiro atoms. The highest BCUT2D eigenvalue weighted by Gasteiger charge is 2.01. The Kier molecular flexibility index (Phi) is 6.04. The van der Waals surface area contributed by atoms with Gasteiger partial charge in [0.25, 0.3) is 0 Å². The second kappa shape index (κ2) is 7.32. The summed E-state index contributed by atoms with van der Waals surface area (Å²) in [6.45, 7) is 2.84. The van der Waals surface area contributed by atoms with Crippen molar-refractivity contribution in [3.63, 3.8) is 0 Å². The Balaban J connectivity index is 2.69. The molecule has 0 saturated heterocycles. The predicted molar refractivity (Wildman–Crippen MR) is 76.2 cm³/mol. The first-order valence-corrected chi connectivity index (χ1v) is 6.54. The number of carboxylic acid groups (broad SMARTS) is 1. The topological polar surface area (TPSA) is 46.5 Å². The van der Waals surface area contributed by atoms with Gasteiger partial charge in [-0.1, -0.05) is 19.4 Å². The van der Waals surface area contributed by atoms with Crippen LogP contribution in [0.2, 0.25) is 0 Å². The largest absolute Gasteiger partial charge is 0.492 e. The van der Waals surface area contributed by atoms with Gasteiger partial charge in [-0.3, -0.25) is 0 Å². The number of carboxylic acids is 1. The average molecular weight is 346 g/mol. The van der Waals surface area contributed by atoms with Gasteiger partial charge in [0.15, 0.2) is 0 Å². The van der Waals surface area contributed by atoms with Gasteiger partial charge in [-0.2, -0.15) is 0 Å². The lowest BCUT2D eigenvalue weighted by molar-refractivity contribution is -0.131. The normalized spacial score (nSPS) is 10.7. The van der Waals surface area contributed by atoms with Crippen molar-refractivity contribution in [2.24, 2.45) is 0 Å². The summed E-state index contributed by atoms with van der Waals surface area (Å²) in [4.78, 5) is 10.4. The molecule has 92 valence electrons. The van der Waals surface area contributed by atoms with Crippen LogP contribution in [0.3, 0.4) is 0 Å². The minimum Gasteiger partial charge on any atom is -0.492 e. The molecule has 0 heterocycles. The van der Waals surface area contributed by atoms with Crippen LogP contribution in [0.15, 0.2) is 24.3 Å². The fourth-order valence-electron chi connectivity index (χ4n) is 1.23. The molecule has 0 atom stereocenters. The van der Waals surface area contributed by atoms with E-state index < -0.39 is 5.97 Å². The molecule has 0 saturated carbocycles. The quantitative estimate of drug-likeness (QED) is 0.487. The van der Waals surface area contributed by atoms with E-state index in [1.54, 1.807) is 6.08 Å². The number of benzene rings is 1. The SMILES string of the molecule is CCCCOc1ccc(C=CC(=O)O)cc1I. The number of hydrogen-bond acceptors (Lipinski definition) is 2. The molecular weight excluding hydrogens is 331 g/mol. The molecule has 1 N–H and O–H groups in total. The van der Waals surface area contributed by atoms with Crippen LogP contribution in [0.5, 0.6) is 5.75 Å². The Morgan fingerprint density at radius 3 is 2.88 bits per heavy atom. The number of carbonyl (C=O) groups is 1. The molecule has 1 aromatic rings. The van der Waals surface area contributed by atoms with Gasteiger partial charge in [-0.15, -0.1) is 0 Å². The van der Waals surface area contributed by atoms with Gasteiger partial charge in [0.1, 0.15) is 5.75 Å². The fraction of sp³-hybridized carbons (Fsp3) is 0.308. The van der Waals surface area contributed by atoms with E-state index in [2.05, 4.69) is 29.5 Å². The highest BCUT2D eigenvalue weighted by atomic mass is 127. The van der Waals surface area contributed by atoms with Gasteiger partial charge in [-0.25, -0.2) is 4.79 Å². The van der Waals surface area contributed by atoms with Gasteiger partial charge in [-0.05, 0) is 52.8 Å². The Hall–Kier alpha value is -1.04. The molecule has 1 rings (SSSR count). The van der Waals surface area contributed by atoms with Gasteiger partial charge in [0.05, 0.1) is 10.2 Å². The molecule has 0 unspecified atom stereocenters. The maximum Gasteiger partial charge on any atom is 0.328 e. The van der Waals surface area contributed by atoms with Crippen molar-refractivity contribution in [3.05, 3.63) is 33.4 Å². The maximum absolute atomic E-state index is 10.4. The Morgan fingerprint density at radius 2 is 2.29 bits per heavy atom. The van der Waals surface area contributed by atoms with Crippen molar-refractivity contribution in [1.29, 1.82) is 0 Å². The number of rotatable bonds is 6. The van der Waals surface area contributed by atoms with Crippen LogP contribution in [0.4, 0.5) is 0 Å². The summed E-state index contributed by atoms with van der Waals surface area (Å²) in [6, 6.07) is 5.63. The van der Waals surface area contributed by atoms with E-state index in [-0.39, 0.29) is 0 Å². The van der Waals surface area contributed by atoms with E-state index in [0.717, 1.165) is 40.4 Å². The van der Waals surface area contributed by atoms with E-state index in [1.807, 2.05) is 18.2 Å². The van der Waals surface area contributed by atoms with E-state index >= 15 is 0 Å². The van der Waals surface area contributed by atoms with Gasteiger partial charge in [0.2, 0.25) is 0 Å². The summed E-state index contributed by atoms with van der Waals surface area (Å²) in [5.74, 6) is -0.0881. The lowest BCUT2D eigenvalue weighted by atomic mass is 10.2. The van der Waals surface area contributed by atoms with Crippen molar-refractivity contribution in [3.8, 4) is 5.75 Å². The van der Waals surface area contributed by atoms with Gasteiger partial charge < -0.3 is 9.84 Å². The zero-order valence-electron chi connectivity index (χ0n) is 9.65. The second-order valence-electron chi connectivity index (χ2n) is 3.56. The molecule has 3 nitrogen and oxygen atoms in total. The molecular formula is C13H15IO3. The molecule has 0 aromatic heterocycles. The van der Waals surface area contributed by atoms with Crippen molar-refractivity contribution in [1.82, 2.24) is 0 Å². The minimum atomic E-state index is -0.941. The Labute approximate surface area is 115 Å². The summed E-state index contributed by atoms with van der Waals surface area (Å²) < 4.78 is 6.60. The number of unbranched alkanes of at least 4 members (excludes halogenated alkanes) is 1. The van der Waals surface area contributed by atoms with Crippen LogP contribution in [-0.2, 0) is 4.79 Å². The molecule has 0 aliphatic carbocycles. The third kappa shape index (κ3) is 5.21. The van der Waals surface area contributed by atoms with Crippen molar-refractivity contribution < 1.29 is 14.6 Å². The molecule has 0 aliphatic heterocycles. The zero-order valence-corrected chi connectivity index (χ0v) is 11.8. The number of halogens is 1. The first-order chi connectivity index (χ1) is 8.13. The summed E-state index contributed by atoms with van der Waals surface area (Å²) in [6.07, 6.45) is 4.84. The second-order valence-corrected chi connectivity index (χ2v) is 4.73. The Morgan fingerprint density at radius 1 is 1.53 bits per heavy atom. The molecule has 0 radical (unpaired) electrons. The fourth-order valence-corrected chi connectivity index (χ4v) is 1.93. The lowest BCUT2D eigenvalue weighted by Gasteiger charge is -2.07. The summed E-state index contributed by atoms with van der Waals surface area (Å²) in [5.41, 5.74) is 0.861. The van der Waals surface area contributed by atoms with Crippen molar-refractivity contribution in [2.45, 2.75) is 19.8 Å². The molecule has 4 heteroatoms. The van der Waals surface area contributed by atoms with E-state index in [9.17, 15) is 4.79 Å². The van der Waals surface area contributed by atoms with Crippen molar-refractivity contribution >= 4 is 34.6 Å². The molecule has 0 bridgehead atoms. The van der Waals surface area contributed by atoms with Crippen LogP contribution < -0.4 is 4.74 Å². The van der Waals surface area contributed by atoms with Crippen LogP contribution in [0, 0.1) is 3.57 Å². The third-order valence-electron chi connectivity index (χ3n) is 2.13. The highest BCUT2D eigenvalue weighted by molar-refractivity contribution is 14.1. The van der Waals surface area contributed by atoms with Gasteiger partial charge in [0, 0.05) is 6.08 Å². The van der Waals surface area contributed by atoms with Gasteiger partial charge >= 0.3 is 5.97 Å². The lowest BCUT2D eigenvalue weighted by Crippen LogP contribution is -1.98. The first-order valence-electron chi connectivity index (χ1n) is 5.47. The van der Waals surface area contributed by atoms with Crippen LogP contribution >= 0.6 is 22.6 Å². The number of hydrogen-bond donors (Lipinski definition) is 1. The number of ether oxygens (including phenoxy) is 1. The Bertz CT molecular complexity index is 413. The summed E-state index contributed by atoms with van der Waals surface area (Å²) in [5, 5.41) is 8.53. The van der Waals surface area contributed by atoms with E-state index in [1.165, 1.54) is 0 Å². The number of aliphatic carboxylic acids is 1. The van der Waals surface area contributed by atoms with Crippen LogP contribution in [0.25, 0.3) is 6.08 Å². The first kappa shape index (κ1) is 14.0. The predicted octanol–water partition coefficient (Wildman–Crippen LogP) is 3.57. The smallest absolute Gasteiger partial charge is 0.328 e. The molecule has 0 amide bonds. The molecule has 17 heavy (non-hydrogen) atoms. The van der Waals surface area contributed by atoms with E-state index in [0.29, 0.717) is 0 Å². The monoisotopic (exact) mass is 346 g/mol. The molecule has 0 fully saturated rings. The third-order valence-corrected chi connectivity index (χ3v) is 2.97. The van der Waals surface area contributed by atoms with Crippen LogP contribution in [-0.4, -0.2) is 17.7 Å². The minimum absolute atomic E-state index is 0.719.